The number of carbonyl (C=O) groups is 2. The molecule has 3 rings (SSSR count). The summed E-state index contributed by atoms with van der Waals surface area (Å²) in [6, 6.07) is 7.80. The molecule has 0 fully saturated rings. The van der Waals surface area contributed by atoms with Crippen LogP contribution in [0.25, 0.3) is 0 Å². The van der Waals surface area contributed by atoms with Crippen molar-refractivity contribution in [2.24, 2.45) is 16.4 Å². The molecule has 0 radical (unpaired) electrons. The molecule has 0 aliphatic carbocycles. The SMILES string of the molecule is Cc1cc(C2=NOC(c3cc(Cl)cc(Cl)c3)(C(F)(F)F)C2)ccc1C(=O)N(N)C(=O)C(C)(C)CCl. The van der Waals surface area contributed by atoms with Gasteiger partial charge in [-0.2, -0.15) is 13.2 Å². The molecule has 2 N–H and O–H groups in total. The van der Waals surface area contributed by atoms with Gasteiger partial charge in [0.15, 0.2) is 0 Å². The fraction of sp³-hybridized carbons (Fsp3) is 0.348. The summed E-state index contributed by atoms with van der Waals surface area (Å²) in [6.45, 7) is 4.65. The van der Waals surface area contributed by atoms with Crippen molar-refractivity contribution in [3.05, 3.63) is 68.7 Å². The third-order valence-electron chi connectivity index (χ3n) is 5.66. The van der Waals surface area contributed by atoms with Crippen molar-refractivity contribution in [2.75, 3.05) is 5.88 Å². The van der Waals surface area contributed by atoms with Crippen molar-refractivity contribution in [3.63, 3.8) is 0 Å². The molecule has 1 unspecified atom stereocenters. The topological polar surface area (TPSA) is 85.0 Å². The number of amides is 2. The van der Waals surface area contributed by atoms with Gasteiger partial charge in [0, 0.05) is 33.5 Å². The highest BCUT2D eigenvalue weighted by Crippen LogP contribution is 2.49. The molecular formula is C23H21Cl3F3N3O3. The van der Waals surface area contributed by atoms with Crippen LogP contribution in [0.4, 0.5) is 13.2 Å². The first-order valence-corrected chi connectivity index (χ1v) is 11.5. The molecule has 2 amide bonds. The van der Waals surface area contributed by atoms with Gasteiger partial charge in [-0.05, 0) is 62.2 Å². The van der Waals surface area contributed by atoms with E-state index in [0.717, 1.165) is 12.1 Å². The monoisotopic (exact) mass is 549 g/mol. The summed E-state index contributed by atoms with van der Waals surface area (Å²) >= 11 is 17.6. The highest BCUT2D eigenvalue weighted by atomic mass is 35.5. The number of benzene rings is 2. The van der Waals surface area contributed by atoms with Gasteiger partial charge in [0.25, 0.3) is 17.4 Å². The Morgan fingerprint density at radius 2 is 1.74 bits per heavy atom. The predicted octanol–water partition coefficient (Wildman–Crippen LogP) is 5.99. The zero-order valence-electron chi connectivity index (χ0n) is 18.8. The summed E-state index contributed by atoms with van der Waals surface area (Å²) in [7, 11) is 0. The first-order valence-electron chi connectivity index (χ1n) is 10.2. The second-order valence-corrected chi connectivity index (χ2v) is 9.96. The molecule has 1 aliphatic heterocycles. The van der Waals surface area contributed by atoms with Crippen molar-refractivity contribution in [1.82, 2.24) is 5.01 Å². The number of oxime groups is 1. The Kier molecular flexibility index (Phi) is 7.49. The van der Waals surface area contributed by atoms with E-state index in [0.29, 0.717) is 16.1 Å². The average Bonchev–Trinajstić information content (AvgIpc) is 3.24. The van der Waals surface area contributed by atoms with Crippen molar-refractivity contribution >= 4 is 52.3 Å². The summed E-state index contributed by atoms with van der Waals surface area (Å²) in [6.07, 6.45) is -5.49. The molecule has 0 saturated carbocycles. The zero-order chi connectivity index (χ0) is 26.3. The van der Waals surface area contributed by atoms with E-state index < -0.39 is 35.4 Å². The minimum Gasteiger partial charge on any atom is -0.374 e. The Bertz CT molecular complexity index is 1200. The third-order valence-corrected chi connectivity index (χ3v) is 6.76. The lowest BCUT2D eigenvalue weighted by Crippen LogP contribution is -2.49. The first-order chi connectivity index (χ1) is 16.1. The van der Waals surface area contributed by atoms with Gasteiger partial charge in [-0.1, -0.05) is 34.4 Å². The van der Waals surface area contributed by atoms with Gasteiger partial charge < -0.3 is 4.84 Å². The summed E-state index contributed by atoms with van der Waals surface area (Å²) < 4.78 is 42.6. The molecule has 0 saturated heterocycles. The standard InChI is InChI=1S/C23H21Cl3F3N3O3/c1-12-6-13(4-5-17(12)19(33)32(30)20(34)21(2,3)11-24)18-10-22(35-31-18,23(27,28)29)14-7-15(25)9-16(26)8-14/h4-9H,10-11,30H2,1-3H3. The van der Waals surface area contributed by atoms with Crippen LogP contribution in [0, 0.1) is 12.3 Å². The Morgan fingerprint density at radius 1 is 1.14 bits per heavy atom. The maximum atomic E-state index is 14.2. The van der Waals surface area contributed by atoms with E-state index >= 15 is 0 Å². The second-order valence-electron chi connectivity index (χ2n) is 8.82. The van der Waals surface area contributed by atoms with Gasteiger partial charge in [-0.15, -0.1) is 11.6 Å². The lowest BCUT2D eigenvalue weighted by atomic mass is 9.86. The maximum absolute atomic E-state index is 14.2. The zero-order valence-corrected chi connectivity index (χ0v) is 21.1. The molecule has 1 aliphatic rings. The predicted molar refractivity (Wildman–Crippen MR) is 127 cm³/mol. The minimum atomic E-state index is -4.84. The normalized spacial score (nSPS) is 18.2. The molecule has 1 heterocycles. The quantitative estimate of drug-likeness (QED) is 0.214. The summed E-state index contributed by atoms with van der Waals surface area (Å²) in [5, 5.41) is 4.23. The van der Waals surface area contributed by atoms with E-state index in [9.17, 15) is 22.8 Å². The molecule has 35 heavy (non-hydrogen) atoms. The van der Waals surface area contributed by atoms with Crippen LogP contribution in [-0.4, -0.2) is 34.6 Å². The van der Waals surface area contributed by atoms with Crippen molar-refractivity contribution in [2.45, 2.75) is 39.0 Å². The van der Waals surface area contributed by atoms with Crippen LogP contribution in [0.2, 0.25) is 10.0 Å². The lowest BCUT2D eigenvalue weighted by Gasteiger charge is -2.29. The number of hydrogen-bond acceptors (Lipinski definition) is 5. The lowest BCUT2D eigenvalue weighted by molar-refractivity contribution is -0.275. The minimum absolute atomic E-state index is 0.00414. The van der Waals surface area contributed by atoms with Crippen molar-refractivity contribution in [1.29, 1.82) is 0 Å². The van der Waals surface area contributed by atoms with Gasteiger partial charge in [-0.25, -0.2) is 10.9 Å². The molecule has 188 valence electrons. The van der Waals surface area contributed by atoms with E-state index in [-0.39, 0.29) is 32.8 Å². The molecular weight excluding hydrogens is 530 g/mol. The number of hydrogen-bond donors (Lipinski definition) is 1. The van der Waals surface area contributed by atoms with Crippen LogP contribution in [0.5, 0.6) is 0 Å². The molecule has 0 bridgehead atoms. The number of aryl methyl sites for hydroxylation is 1. The van der Waals surface area contributed by atoms with E-state index in [4.69, 9.17) is 45.5 Å². The Labute approximate surface area is 214 Å². The van der Waals surface area contributed by atoms with Crippen molar-refractivity contribution in [3.8, 4) is 0 Å². The van der Waals surface area contributed by atoms with E-state index in [1.165, 1.54) is 24.3 Å². The van der Waals surface area contributed by atoms with E-state index in [2.05, 4.69) is 5.16 Å². The van der Waals surface area contributed by atoms with E-state index in [1.54, 1.807) is 20.8 Å². The largest absolute Gasteiger partial charge is 0.435 e. The summed E-state index contributed by atoms with van der Waals surface area (Å²) in [4.78, 5) is 30.3. The van der Waals surface area contributed by atoms with Gasteiger partial charge in [-0.3, -0.25) is 9.59 Å². The number of nitrogens with zero attached hydrogens (tertiary/aromatic N) is 2. The van der Waals surface area contributed by atoms with Crippen LogP contribution < -0.4 is 5.84 Å². The van der Waals surface area contributed by atoms with Crippen LogP contribution in [0.1, 0.15) is 47.3 Å². The van der Waals surface area contributed by atoms with Crippen molar-refractivity contribution < 1.29 is 27.6 Å². The fourth-order valence-electron chi connectivity index (χ4n) is 3.53. The average molecular weight is 551 g/mol. The second kappa shape index (κ2) is 9.61. The summed E-state index contributed by atoms with van der Waals surface area (Å²) in [5.74, 6) is 4.23. The number of imide groups is 1. The highest BCUT2D eigenvalue weighted by molar-refractivity contribution is 6.34. The molecule has 6 nitrogen and oxygen atoms in total. The maximum Gasteiger partial charge on any atom is 0.435 e. The molecule has 2 aromatic carbocycles. The number of rotatable bonds is 5. The fourth-order valence-corrected chi connectivity index (χ4v) is 4.17. The molecule has 2 aromatic rings. The van der Waals surface area contributed by atoms with Crippen LogP contribution in [0.15, 0.2) is 41.6 Å². The van der Waals surface area contributed by atoms with Gasteiger partial charge in [0.1, 0.15) is 0 Å². The first kappa shape index (κ1) is 27.3. The van der Waals surface area contributed by atoms with Crippen LogP contribution in [0.3, 0.4) is 0 Å². The molecule has 0 spiro atoms. The number of carbonyl (C=O) groups excluding carboxylic acids is 2. The smallest absolute Gasteiger partial charge is 0.374 e. The van der Waals surface area contributed by atoms with Gasteiger partial charge in [0.2, 0.25) is 0 Å². The number of nitrogens with two attached hydrogens (primary N) is 1. The summed E-state index contributed by atoms with van der Waals surface area (Å²) in [5.41, 5.74) is -3.37. The molecule has 12 heteroatoms. The van der Waals surface area contributed by atoms with Gasteiger partial charge in [0.05, 0.1) is 11.1 Å². The number of halogens is 6. The third kappa shape index (κ3) is 5.14. The van der Waals surface area contributed by atoms with Gasteiger partial charge >= 0.3 is 6.18 Å². The Hall–Kier alpha value is -2.33. The van der Waals surface area contributed by atoms with Crippen LogP contribution in [-0.2, 0) is 15.2 Å². The molecule has 0 aromatic heterocycles. The van der Waals surface area contributed by atoms with Crippen LogP contribution >= 0.6 is 34.8 Å². The number of alkyl halides is 4. The Balaban J connectivity index is 1.91. The molecule has 1 atom stereocenters. The number of hydrazine groups is 1. The Morgan fingerprint density at radius 3 is 2.26 bits per heavy atom. The van der Waals surface area contributed by atoms with E-state index in [1.807, 2.05) is 0 Å². The highest BCUT2D eigenvalue weighted by Gasteiger charge is 2.62.